The number of carbonyl (C=O) groups excluding carboxylic acids is 1. The van der Waals surface area contributed by atoms with Gasteiger partial charge in [-0.1, -0.05) is 29.8 Å². The van der Waals surface area contributed by atoms with Crippen LogP contribution in [0.5, 0.6) is 11.5 Å². The maximum Gasteiger partial charge on any atom is 0.349 e. The van der Waals surface area contributed by atoms with E-state index in [0.29, 0.717) is 27.4 Å². The summed E-state index contributed by atoms with van der Waals surface area (Å²) < 4.78 is 26.3. The van der Waals surface area contributed by atoms with Crippen molar-refractivity contribution in [2.75, 3.05) is 6.79 Å². The summed E-state index contributed by atoms with van der Waals surface area (Å²) in [4.78, 5) is 29.6. The summed E-state index contributed by atoms with van der Waals surface area (Å²) >= 11 is 6.17. The fraction of sp³-hybridized carbons (Fsp3) is 0.125. The first-order valence-electron chi connectivity index (χ1n) is 10.1. The van der Waals surface area contributed by atoms with Gasteiger partial charge in [0, 0.05) is 22.5 Å². The number of hydrogen-bond donors (Lipinski definition) is 1. The van der Waals surface area contributed by atoms with Crippen LogP contribution in [0.4, 0.5) is 4.39 Å². The molecule has 1 amide bonds. The Balaban J connectivity index is 1.44. The molecule has 0 spiro atoms. The average molecular weight is 466 g/mol. The highest BCUT2D eigenvalue weighted by molar-refractivity contribution is 6.31. The van der Waals surface area contributed by atoms with Gasteiger partial charge in [0.05, 0.1) is 11.2 Å². The van der Waals surface area contributed by atoms with Gasteiger partial charge in [0.15, 0.2) is 11.5 Å². The largest absolute Gasteiger partial charge is 0.454 e. The zero-order chi connectivity index (χ0) is 22.9. The standard InChI is InChI=1S/C24H17ClFN3O4/c25-15-6-7-19-17(10-15)23(16-3-1-2-4-18(16)26)28-24(31)29(19)12-22(30)27-11-14-5-8-20-21(9-14)33-13-32-20/h1-10H,11-13H2,(H,27,30). The molecule has 1 aromatic heterocycles. The first-order chi connectivity index (χ1) is 16.0. The van der Waals surface area contributed by atoms with Crippen molar-refractivity contribution >= 4 is 28.4 Å². The summed E-state index contributed by atoms with van der Waals surface area (Å²) in [5.74, 6) is 0.382. The molecule has 0 aliphatic carbocycles. The number of ether oxygens (including phenoxy) is 2. The van der Waals surface area contributed by atoms with Crippen LogP contribution in [-0.2, 0) is 17.9 Å². The quantitative estimate of drug-likeness (QED) is 0.483. The molecule has 0 saturated carbocycles. The molecular weight excluding hydrogens is 449 g/mol. The summed E-state index contributed by atoms with van der Waals surface area (Å²) in [7, 11) is 0. The van der Waals surface area contributed by atoms with Crippen molar-refractivity contribution in [3.05, 3.63) is 87.6 Å². The Bertz CT molecular complexity index is 1450. The number of aromatic nitrogens is 2. The summed E-state index contributed by atoms with van der Waals surface area (Å²) in [6.07, 6.45) is 0. The highest BCUT2D eigenvalue weighted by Crippen LogP contribution is 2.32. The van der Waals surface area contributed by atoms with Crippen LogP contribution in [-0.4, -0.2) is 22.3 Å². The molecular formula is C24H17ClFN3O4. The van der Waals surface area contributed by atoms with Gasteiger partial charge in [-0.2, -0.15) is 4.98 Å². The molecule has 0 unspecified atom stereocenters. The highest BCUT2D eigenvalue weighted by atomic mass is 35.5. The average Bonchev–Trinajstić information content (AvgIpc) is 3.28. The molecule has 1 N–H and O–H groups in total. The van der Waals surface area contributed by atoms with Gasteiger partial charge in [-0.3, -0.25) is 9.36 Å². The number of hydrogen-bond acceptors (Lipinski definition) is 5. The smallest absolute Gasteiger partial charge is 0.349 e. The first kappa shape index (κ1) is 21.0. The lowest BCUT2D eigenvalue weighted by Gasteiger charge is -2.14. The van der Waals surface area contributed by atoms with Crippen LogP contribution in [0.3, 0.4) is 0 Å². The maximum atomic E-state index is 14.4. The SMILES string of the molecule is O=C(Cn1c(=O)nc(-c2ccccc2F)c2cc(Cl)ccc21)NCc1ccc2c(c1)OCO2. The second-order valence-electron chi connectivity index (χ2n) is 7.43. The van der Waals surface area contributed by atoms with E-state index < -0.39 is 11.5 Å². The van der Waals surface area contributed by atoms with Gasteiger partial charge in [0.1, 0.15) is 12.4 Å². The van der Waals surface area contributed by atoms with Crippen LogP contribution >= 0.6 is 11.6 Å². The van der Waals surface area contributed by atoms with Crippen LogP contribution in [0.1, 0.15) is 5.56 Å². The predicted octanol–water partition coefficient (Wildman–Crippen LogP) is 3.90. The Hall–Kier alpha value is -3.91. The number of halogens is 2. The van der Waals surface area contributed by atoms with Crippen molar-refractivity contribution < 1.29 is 18.7 Å². The minimum absolute atomic E-state index is 0.168. The van der Waals surface area contributed by atoms with Crippen molar-refractivity contribution in [2.45, 2.75) is 13.1 Å². The molecule has 166 valence electrons. The minimum Gasteiger partial charge on any atom is -0.454 e. The maximum absolute atomic E-state index is 14.4. The minimum atomic E-state index is -0.665. The third kappa shape index (κ3) is 4.12. The Labute approximate surface area is 192 Å². The van der Waals surface area contributed by atoms with Gasteiger partial charge in [0.25, 0.3) is 0 Å². The van der Waals surface area contributed by atoms with Gasteiger partial charge in [-0.25, -0.2) is 9.18 Å². The lowest BCUT2D eigenvalue weighted by molar-refractivity contribution is -0.121. The fourth-order valence-electron chi connectivity index (χ4n) is 3.72. The van der Waals surface area contributed by atoms with Crippen molar-refractivity contribution in [1.82, 2.24) is 14.9 Å². The molecule has 1 aliphatic heterocycles. The van der Waals surface area contributed by atoms with E-state index in [1.807, 2.05) is 6.07 Å². The Kier molecular flexibility index (Phi) is 5.43. The van der Waals surface area contributed by atoms with E-state index in [0.717, 1.165) is 5.56 Å². The van der Waals surface area contributed by atoms with Gasteiger partial charge >= 0.3 is 5.69 Å². The fourth-order valence-corrected chi connectivity index (χ4v) is 3.89. The first-order valence-corrected chi connectivity index (χ1v) is 10.5. The van der Waals surface area contributed by atoms with Gasteiger partial charge in [0.2, 0.25) is 12.7 Å². The summed E-state index contributed by atoms with van der Waals surface area (Å²) in [6.45, 7) is 0.155. The van der Waals surface area contributed by atoms with Crippen LogP contribution in [0.15, 0.2) is 65.5 Å². The summed E-state index contributed by atoms with van der Waals surface area (Å²) in [5.41, 5.74) is 0.940. The lowest BCUT2D eigenvalue weighted by Crippen LogP contribution is -2.33. The number of nitrogens with zero attached hydrogens (tertiary/aromatic N) is 2. The molecule has 0 bridgehead atoms. The molecule has 1 aliphatic rings. The zero-order valence-corrected chi connectivity index (χ0v) is 17.9. The topological polar surface area (TPSA) is 82.5 Å². The molecule has 0 radical (unpaired) electrons. The van der Waals surface area contributed by atoms with Gasteiger partial charge < -0.3 is 14.8 Å². The van der Waals surface area contributed by atoms with E-state index in [-0.39, 0.29) is 37.0 Å². The van der Waals surface area contributed by atoms with E-state index in [1.54, 1.807) is 48.5 Å². The zero-order valence-electron chi connectivity index (χ0n) is 17.2. The normalized spacial score (nSPS) is 12.2. The van der Waals surface area contributed by atoms with Gasteiger partial charge in [-0.05, 0) is 48.0 Å². The third-order valence-electron chi connectivity index (χ3n) is 5.30. The summed E-state index contributed by atoms with van der Waals surface area (Å²) in [6, 6.07) is 16.3. The Morgan fingerprint density at radius 3 is 2.76 bits per heavy atom. The van der Waals surface area contributed by atoms with Gasteiger partial charge in [-0.15, -0.1) is 0 Å². The number of fused-ring (bicyclic) bond motifs is 2. The van der Waals surface area contributed by atoms with Crippen molar-refractivity contribution in [3.63, 3.8) is 0 Å². The lowest BCUT2D eigenvalue weighted by atomic mass is 10.1. The molecule has 5 rings (SSSR count). The van der Waals surface area contributed by atoms with Crippen molar-refractivity contribution in [1.29, 1.82) is 0 Å². The van der Waals surface area contributed by atoms with Crippen molar-refractivity contribution in [2.24, 2.45) is 0 Å². The van der Waals surface area contributed by atoms with E-state index in [2.05, 4.69) is 10.3 Å². The number of rotatable bonds is 5. The van der Waals surface area contributed by atoms with E-state index in [4.69, 9.17) is 21.1 Å². The molecule has 0 saturated heterocycles. The number of carbonyl (C=O) groups is 1. The molecule has 0 atom stereocenters. The van der Waals surface area contributed by atoms with Crippen LogP contribution in [0, 0.1) is 5.82 Å². The van der Waals surface area contributed by atoms with E-state index in [1.165, 1.54) is 10.6 Å². The molecule has 33 heavy (non-hydrogen) atoms. The molecule has 3 aromatic carbocycles. The monoisotopic (exact) mass is 465 g/mol. The predicted molar refractivity (Wildman–Crippen MR) is 121 cm³/mol. The third-order valence-corrected chi connectivity index (χ3v) is 5.54. The number of amides is 1. The summed E-state index contributed by atoms with van der Waals surface area (Å²) in [5, 5.41) is 3.66. The van der Waals surface area contributed by atoms with Crippen molar-refractivity contribution in [3.8, 4) is 22.8 Å². The Morgan fingerprint density at radius 2 is 1.91 bits per heavy atom. The highest BCUT2D eigenvalue weighted by Gasteiger charge is 2.17. The van der Waals surface area contributed by atoms with Crippen LogP contribution in [0.2, 0.25) is 5.02 Å². The second kappa shape index (κ2) is 8.55. The number of nitrogens with one attached hydrogen (secondary N) is 1. The molecule has 7 nitrogen and oxygen atoms in total. The molecule has 4 aromatic rings. The molecule has 0 fully saturated rings. The van der Waals surface area contributed by atoms with Crippen LogP contribution < -0.4 is 20.5 Å². The molecule has 2 heterocycles. The van der Waals surface area contributed by atoms with E-state index in [9.17, 15) is 14.0 Å². The van der Waals surface area contributed by atoms with Crippen LogP contribution in [0.25, 0.3) is 22.2 Å². The Morgan fingerprint density at radius 1 is 1.09 bits per heavy atom. The molecule has 9 heteroatoms. The second-order valence-corrected chi connectivity index (χ2v) is 7.87. The number of benzene rings is 3. The van der Waals surface area contributed by atoms with E-state index >= 15 is 0 Å².